The highest BCUT2D eigenvalue weighted by atomic mass is 32.2. The number of ether oxygens (including phenoxy) is 4. The lowest BCUT2D eigenvalue weighted by atomic mass is 9.48. The van der Waals surface area contributed by atoms with Crippen LogP contribution in [0.25, 0.3) is 0 Å². The zero-order valence-electron chi connectivity index (χ0n) is 29.8. The summed E-state index contributed by atoms with van der Waals surface area (Å²) in [7, 11) is 0. The molecule has 0 aromatic heterocycles. The van der Waals surface area contributed by atoms with Crippen molar-refractivity contribution in [2.75, 3.05) is 6.61 Å². The summed E-state index contributed by atoms with van der Waals surface area (Å²) >= 11 is -0.613. The maximum absolute atomic E-state index is 14.5. The van der Waals surface area contributed by atoms with E-state index >= 15 is 0 Å². The molecular formula is C39H52F2O10S. The minimum Gasteiger partial charge on any atom is -0.462 e. The highest BCUT2D eigenvalue weighted by molar-refractivity contribution is 7.96. The Morgan fingerprint density at radius 1 is 0.692 bits per heavy atom. The SMILES string of the molecule is O=C(CCC1OC2(OC1COC(=O)C13CC4CC(CC(C4)C1)C3)C1CC3CC2CC(OC(=O)C(F)(F)SOOO)(C3)C1)C12CC3CC(CC(C3)C1)C2. The standard InChI is InChI=1S/C39H52F2O10S/c40-39(41,52-51-50-45)34(44)49-37-17-27-9-28(18-37)38(29(10-27)19-37)47-30(1-2-32(42)35-11-21-3-22(12-35)5-23(4-21)13-35)31(48-38)20-46-33(43)36-14-24-6-25(15-36)8-26(7-24)16-36/h21-31,45H,1-20H2. The van der Waals surface area contributed by atoms with Crippen molar-refractivity contribution in [3.8, 4) is 0 Å². The molecule has 1 spiro atoms. The molecule has 12 saturated carbocycles. The van der Waals surface area contributed by atoms with Crippen molar-refractivity contribution in [3.63, 3.8) is 0 Å². The Labute approximate surface area is 307 Å². The number of carbonyl (C=O) groups excluding carboxylic acids is 3. The number of alkyl halides is 2. The summed E-state index contributed by atoms with van der Waals surface area (Å²) in [4.78, 5) is 40.8. The minimum absolute atomic E-state index is 0.0674. The Kier molecular flexibility index (Phi) is 8.30. The van der Waals surface area contributed by atoms with Crippen LogP contribution in [0, 0.1) is 64.1 Å². The molecule has 13 fully saturated rings. The van der Waals surface area contributed by atoms with E-state index in [0.29, 0.717) is 73.4 Å². The van der Waals surface area contributed by atoms with Crippen LogP contribution in [0.1, 0.15) is 122 Å². The van der Waals surface area contributed by atoms with Crippen LogP contribution in [0.5, 0.6) is 0 Å². The molecule has 0 aromatic carbocycles. The molecule has 288 valence electrons. The summed E-state index contributed by atoms with van der Waals surface area (Å²) in [5.41, 5.74) is -1.70. The Bertz CT molecular complexity index is 1330. The fourth-order valence-electron chi connectivity index (χ4n) is 15.4. The number of rotatable bonds is 12. The number of hydrogen-bond acceptors (Lipinski definition) is 11. The lowest BCUT2D eigenvalue weighted by Crippen LogP contribution is -2.65. The Hall–Kier alpha value is -1.38. The molecule has 4 atom stereocenters. The first kappa shape index (κ1) is 35.1. The monoisotopic (exact) mass is 750 g/mol. The van der Waals surface area contributed by atoms with E-state index in [-0.39, 0.29) is 35.7 Å². The van der Waals surface area contributed by atoms with Crippen molar-refractivity contribution < 1.29 is 56.7 Å². The van der Waals surface area contributed by atoms with Crippen LogP contribution in [0.3, 0.4) is 0 Å². The molecule has 13 aliphatic rings. The van der Waals surface area contributed by atoms with Gasteiger partial charge in [0.25, 0.3) is 0 Å². The number of Topliss-reactive ketones (excluding diaryl/α,β-unsaturated/α-hetero) is 1. The second-order valence-electron chi connectivity index (χ2n) is 19.6. The number of ketones is 1. The van der Waals surface area contributed by atoms with Crippen LogP contribution in [-0.4, -0.2) is 58.4 Å². The molecule has 0 aromatic rings. The minimum atomic E-state index is -4.08. The van der Waals surface area contributed by atoms with Gasteiger partial charge in [-0.25, -0.2) is 10.1 Å². The molecule has 12 bridgehead atoms. The third kappa shape index (κ3) is 5.66. The molecule has 1 N–H and O–H groups in total. The Balaban J connectivity index is 0.867. The van der Waals surface area contributed by atoms with Crippen molar-refractivity contribution >= 4 is 29.8 Å². The fourth-order valence-corrected chi connectivity index (χ4v) is 15.6. The fraction of sp³-hybridized carbons (Fsp3) is 0.923. The molecule has 0 radical (unpaired) electrons. The van der Waals surface area contributed by atoms with E-state index in [9.17, 15) is 23.2 Å². The summed E-state index contributed by atoms with van der Waals surface area (Å²) in [5.74, 6) is 1.06. The van der Waals surface area contributed by atoms with Crippen LogP contribution in [0.2, 0.25) is 0 Å². The second-order valence-corrected chi connectivity index (χ2v) is 20.5. The van der Waals surface area contributed by atoms with Gasteiger partial charge in [0.15, 0.2) is 5.79 Å². The van der Waals surface area contributed by atoms with Crippen molar-refractivity contribution in [2.45, 2.75) is 151 Å². The second kappa shape index (κ2) is 12.3. The predicted molar refractivity (Wildman–Crippen MR) is 179 cm³/mol. The summed E-state index contributed by atoms with van der Waals surface area (Å²) < 4.78 is 58.8. The van der Waals surface area contributed by atoms with Gasteiger partial charge in [-0.2, -0.15) is 8.78 Å². The average Bonchev–Trinajstić information content (AvgIpc) is 3.45. The molecule has 1 saturated heterocycles. The van der Waals surface area contributed by atoms with Gasteiger partial charge in [-0.15, -0.1) is 4.33 Å². The highest BCUT2D eigenvalue weighted by Crippen LogP contribution is 2.66. The summed E-state index contributed by atoms with van der Waals surface area (Å²) in [6, 6.07) is 0. The Morgan fingerprint density at radius 3 is 1.73 bits per heavy atom. The zero-order valence-corrected chi connectivity index (χ0v) is 30.6. The zero-order chi connectivity index (χ0) is 35.7. The summed E-state index contributed by atoms with van der Waals surface area (Å²) in [5, 5.41) is 7.55. The molecule has 13 rings (SSSR count). The maximum atomic E-state index is 14.5. The lowest BCUT2D eigenvalue weighted by molar-refractivity contribution is -0.433. The normalized spacial score (nSPS) is 50.3. The van der Waals surface area contributed by atoms with Crippen LogP contribution in [-0.2, 0) is 42.7 Å². The molecule has 10 nitrogen and oxygen atoms in total. The quantitative estimate of drug-likeness (QED) is 0.0919. The highest BCUT2D eigenvalue weighted by Gasteiger charge is 2.70. The molecule has 0 amide bonds. The van der Waals surface area contributed by atoms with Gasteiger partial charge in [0, 0.05) is 23.7 Å². The van der Waals surface area contributed by atoms with Crippen LogP contribution < -0.4 is 0 Å². The molecule has 52 heavy (non-hydrogen) atoms. The summed E-state index contributed by atoms with van der Waals surface area (Å²) in [6.45, 7) is 0.0674. The van der Waals surface area contributed by atoms with Crippen LogP contribution in [0.15, 0.2) is 0 Å². The van der Waals surface area contributed by atoms with E-state index in [1.807, 2.05) is 0 Å². The summed E-state index contributed by atoms with van der Waals surface area (Å²) in [6.07, 6.45) is 15.8. The molecule has 4 unspecified atom stereocenters. The molecular weight excluding hydrogens is 698 g/mol. The Morgan fingerprint density at radius 2 is 1.19 bits per heavy atom. The first-order chi connectivity index (χ1) is 24.9. The van der Waals surface area contributed by atoms with Gasteiger partial charge in [-0.1, -0.05) is 5.04 Å². The van der Waals surface area contributed by atoms with Gasteiger partial charge < -0.3 is 18.9 Å². The van der Waals surface area contributed by atoms with Crippen molar-refractivity contribution in [1.29, 1.82) is 0 Å². The van der Waals surface area contributed by atoms with E-state index in [4.69, 9.17) is 24.2 Å². The largest absolute Gasteiger partial charge is 0.462 e. The third-order valence-corrected chi connectivity index (χ3v) is 16.7. The molecule has 12 aliphatic carbocycles. The van der Waals surface area contributed by atoms with Gasteiger partial charge in [-0.05, 0) is 157 Å². The topological polar surface area (TPSA) is 127 Å². The van der Waals surface area contributed by atoms with Gasteiger partial charge in [-0.3, -0.25) is 9.59 Å². The van der Waals surface area contributed by atoms with Gasteiger partial charge in [0.1, 0.15) is 36.1 Å². The van der Waals surface area contributed by atoms with Crippen molar-refractivity contribution in [1.82, 2.24) is 0 Å². The lowest BCUT2D eigenvalue weighted by Gasteiger charge is -2.62. The van der Waals surface area contributed by atoms with Gasteiger partial charge in [0.05, 0.1) is 11.5 Å². The predicted octanol–water partition coefficient (Wildman–Crippen LogP) is 7.58. The number of halogens is 2. The van der Waals surface area contributed by atoms with Crippen molar-refractivity contribution in [2.24, 2.45) is 64.1 Å². The average molecular weight is 751 g/mol. The molecule has 1 heterocycles. The first-order valence-electron chi connectivity index (χ1n) is 20.2. The van der Waals surface area contributed by atoms with E-state index < -0.39 is 52.3 Å². The van der Waals surface area contributed by atoms with E-state index in [2.05, 4.69) is 9.37 Å². The van der Waals surface area contributed by atoms with E-state index in [0.717, 1.165) is 51.4 Å². The maximum Gasteiger partial charge on any atom is 0.415 e. The first-order valence-corrected chi connectivity index (χ1v) is 21.0. The molecule has 1 aliphatic heterocycles. The van der Waals surface area contributed by atoms with Crippen LogP contribution in [0.4, 0.5) is 8.78 Å². The van der Waals surface area contributed by atoms with Gasteiger partial charge >= 0.3 is 17.2 Å². The smallest absolute Gasteiger partial charge is 0.415 e. The molecule has 13 heteroatoms. The van der Waals surface area contributed by atoms with Gasteiger partial charge in [0.2, 0.25) is 0 Å². The van der Waals surface area contributed by atoms with Crippen molar-refractivity contribution in [3.05, 3.63) is 0 Å². The van der Waals surface area contributed by atoms with Crippen LogP contribution >= 0.6 is 12.0 Å². The number of carbonyl (C=O) groups is 3. The van der Waals surface area contributed by atoms with E-state index in [1.165, 1.54) is 38.5 Å². The van der Waals surface area contributed by atoms with E-state index in [1.54, 1.807) is 0 Å². The number of esters is 2. The number of hydrogen-bond donors (Lipinski definition) is 1. The third-order valence-electron chi connectivity index (χ3n) is 16.2.